The molecule has 0 aliphatic heterocycles. The maximum atomic E-state index is 11.6. The molecule has 0 heterocycles. The Kier molecular flexibility index (Phi) is 3.81. The fourth-order valence-corrected chi connectivity index (χ4v) is 3.22. The molecule has 2 rings (SSSR count). The number of nitrogen functional groups attached to an aromatic ring is 1. The van der Waals surface area contributed by atoms with Crippen LogP contribution in [0.15, 0.2) is 18.2 Å². The summed E-state index contributed by atoms with van der Waals surface area (Å²) in [7, 11) is 0. The van der Waals surface area contributed by atoms with Crippen LogP contribution in [-0.2, 0) is 4.79 Å². The molecule has 0 spiro atoms. The average molecular weight is 268 g/mol. The lowest BCUT2D eigenvalue weighted by atomic mass is 9.80. The van der Waals surface area contributed by atoms with E-state index in [1.165, 1.54) is 0 Å². The minimum atomic E-state index is -0.803. The van der Waals surface area contributed by atoms with Gasteiger partial charge in [-0.2, -0.15) is 0 Å². The summed E-state index contributed by atoms with van der Waals surface area (Å²) in [5, 5.41) is 9.96. The topological polar surface area (TPSA) is 63.3 Å². The molecule has 4 heteroatoms. The van der Waals surface area contributed by atoms with E-state index in [0.717, 1.165) is 19.3 Å². The molecule has 1 aromatic rings. The van der Waals surface area contributed by atoms with Crippen molar-refractivity contribution in [3.05, 3.63) is 28.8 Å². The van der Waals surface area contributed by atoms with Crippen LogP contribution in [0.2, 0.25) is 5.02 Å². The van der Waals surface area contributed by atoms with Crippen molar-refractivity contribution < 1.29 is 9.90 Å². The second kappa shape index (κ2) is 5.19. The summed E-state index contributed by atoms with van der Waals surface area (Å²) in [6.45, 7) is 2.12. The lowest BCUT2D eigenvalue weighted by molar-refractivity contribution is -0.140. The first-order chi connectivity index (χ1) is 8.52. The molecular formula is C14H18ClNO2. The van der Waals surface area contributed by atoms with E-state index < -0.39 is 11.9 Å². The van der Waals surface area contributed by atoms with E-state index in [1.807, 2.05) is 0 Å². The first-order valence-electron chi connectivity index (χ1n) is 6.29. The van der Waals surface area contributed by atoms with Crippen molar-refractivity contribution in [1.82, 2.24) is 0 Å². The van der Waals surface area contributed by atoms with Crippen LogP contribution in [0.4, 0.5) is 5.69 Å². The number of rotatable bonds is 3. The molecule has 1 aliphatic rings. The molecule has 1 saturated carbocycles. The third kappa shape index (κ3) is 2.32. The lowest BCUT2D eigenvalue weighted by Gasteiger charge is -2.25. The summed E-state index contributed by atoms with van der Waals surface area (Å²) < 4.78 is 0. The zero-order valence-electron chi connectivity index (χ0n) is 10.4. The second-order valence-electron chi connectivity index (χ2n) is 5.13. The molecule has 3 atom stereocenters. The molecule has 3 nitrogen and oxygen atoms in total. The summed E-state index contributed by atoms with van der Waals surface area (Å²) in [5.41, 5.74) is 7.01. The molecule has 0 bridgehead atoms. The molecule has 3 unspecified atom stereocenters. The SMILES string of the molecule is CC1CCCC1C(C(=O)O)c1cccc(Cl)c1N. The van der Waals surface area contributed by atoms with Gasteiger partial charge < -0.3 is 10.8 Å². The Morgan fingerprint density at radius 3 is 2.78 bits per heavy atom. The number of aliphatic carboxylic acids is 1. The number of halogens is 1. The Hall–Kier alpha value is -1.22. The molecule has 3 N–H and O–H groups in total. The normalized spacial score (nSPS) is 25.0. The van der Waals surface area contributed by atoms with E-state index in [2.05, 4.69) is 6.92 Å². The largest absolute Gasteiger partial charge is 0.481 e. The highest BCUT2D eigenvalue weighted by Crippen LogP contribution is 2.43. The van der Waals surface area contributed by atoms with E-state index in [4.69, 9.17) is 17.3 Å². The van der Waals surface area contributed by atoms with Gasteiger partial charge in [-0.15, -0.1) is 0 Å². The molecule has 1 aliphatic carbocycles. The van der Waals surface area contributed by atoms with Crippen molar-refractivity contribution in [2.75, 3.05) is 5.73 Å². The number of nitrogens with two attached hydrogens (primary N) is 1. The molecule has 0 saturated heterocycles. The highest BCUT2D eigenvalue weighted by atomic mass is 35.5. The Labute approximate surface area is 112 Å². The third-order valence-corrected chi connectivity index (χ3v) is 4.37. The standard InChI is InChI=1S/C14H18ClNO2/c1-8-4-2-5-9(8)12(14(17)18)10-6-3-7-11(15)13(10)16/h3,6-9,12H,2,4-5,16H2,1H3,(H,17,18). The van der Waals surface area contributed by atoms with Crippen LogP contribution in [0.5, 0.6) is 0 Å². The molecule has 18 heavy (non-hydrogen) atoms. The maximum Gasteiger partial charge on any atom is 0.311 e. The summed E-state index contributed by atoms with van der Waals surface area (Å²) in [6, 6.07) is 5.24. The Morgan fingerprint density at radius 2 is 2.22 bits per heavy atom. The molecule has 0 radical (unpaired) electrons. The number of para-hydroxylation sites is 1. The van der Waals surface area contributed by atoms with Gasteiger partial charge in [0, 0.05) is 0 Å². The van der Waals surface area contributed by atoms with Crippen molar-refractivity contribution >= 4 is 23.3 Å². The Balaban J connectivity index is 2.41. The number of carbonyl (C=O) groups is 1. The molecule has 0 aromatic heterocycles. The van der Waals surface area contributed by atoms with Gasteiger partial charge in [0.1, 0.15) is 0 Å². The molecule has 0 amide bonds. The van der Waals surface area contributed by atoms with E-state index in [-0.39, 0.29) is 5.92 Å². The number of hydrogen-bond acceptors (Lipinski definition) is 2. The quantitative estimate of drug-likeness (QED) is 0.824. The lowest BCUT2D eigenvalue weighted by Crippen LogP contribution is -2.24. The van der Waals surface area contributed by atoms with Gasteiger partial charge in [0.2, 0.25) is 0 Å². The van der Waals surface area contributed by atoms with Gasteiger partial charge in [0.15, 0.2) is 0 Å². The number of hydrogen-bond donors (Lipinski definition) is 2. The van der Waals surface area contributed by atoms with Crippen LogP contribution in [0, 0.1) is 11.8 Å². The van der Waals surface area contributed by atoms with Gasteiger partial charge in [0.25, 0.3) is 0 Å². The van der Waals surface area contributed by atoms with Gasteiger partial charge in [-0.25, -0.2) is 0 Å². The minimum Gasteiger partial charge on any atom is -0.481 e. The zero-order chi connectivity index (χ0) is 13.3. The van der Waals surface area contributed by atoms with Crippen LogP contribution in [-0.4, -0.2) is 11.1 Å². The number of benzene rings is 1. The van der Waals surface area contributed by atoms with Crippen molar-refractivity contribution in [3.8, 4) is 0 Å². The van der Waals surface area contributed by atoms with E-state index in [0.29, 0.717) is 22.2 Å². The average Bonchev–Trinajstić information content (AvgIpc) is 2.71. The van der Waals surface area contributed by atoms with Crippen LogP contribution in [0.3, 0.4) is 0 Å². The summed E-state index contributed by atoms with van der Waals surface area (Å²) in [4.78, 5) is 11.6. The highest BCUT2D eigenvalue weighted by Gasteiger charge is 2.37. The van der Waals surface area contributed by atoms with Crippen LogP contribution < -0.4 is 5.73 Å². The second-order valence-corrected chi connectivity index (χ2v) is 5.54. The Bertz CT molecular complexity index is 461. The number of carboxylic acid groups (broad SMARTS) is 1. The highest BCUT2D eigenvalue weighted by molar-refractivity contribution is 6.33. The van der Waals surface area contributed by atoms with Crippen molar-refractivity contribution in [1.29, 1.82) is 0 Å². The molecule has 98 valence electrons. The fraction of sp³-hybridized carbons (Fsp3) is 0.500. The predicted molar refractivity (Wildman–Crippen MR) is 72.7 cm³/mol. The minimum absolute atomic E-state index is 0.156. The maximum absolute atomic E-state index is 11.6. The van der Waals surface area contributed by atoms with Crippen molar-refractivity contribution in [2.45, 2.75) is 32.1 Å². The van der Waals surface area contributed by atoms with E-state index >= 15 is 0 Å². The van der Waals surface area contributed by atoms with Crippen LogP contribution in [0.25, 0.3) is 0 Å². The summed E-state index contributed by atoms with van der Waals surface area (Å²) in [5.74, 6) is -0.767. The van der Waals surface area contributed by atoms with Crippen LogP contribution >= 0.6 is 11.6 Å². The van der Waals surface area contributed by atoms with Crippen molar-refractivity contribution in [3.63, 3.8) is 0 Å². The molecule has 1 fully saturated rings. The van der Waals surface area contributed by atoms with Gasteiger partial charge in [-0.05, 0) is 29.9 Å². The molecule has 1 aromatic carbocycles. The van der Waals surface area contributed by atoms with Gasteiger partial charge >= 0.3 is 5.97 Å². The summed E-state index contributed by atoms with van der Waals surface area (Å²) in [6.07, 6.45) is 3.13. The summed E-state index contributed by atoms with van der Waals surface area (Å²) >= 11 is 5.99. The van der Waals surface area contributed by atoms with Gasteiger partial charge in [-0.3, -0.25) is 4.79 Å². The van der Waals surface area contributed by atoms with E-state index in [1.54, 1.807) is 18.2 Å². The van der Waals surface area contributed by atoms with E-state index in [9.17, 15) is 9.90 Å². The first kappa shape index (κ1) is 13.2. The monoisotopic (exact) mass is 267 g/mol. The van der Waals surface area contributed by atoms with Crippen LogP contribution in [0.1, 0.15) is 37.7 Å². The van der Waals surface area contributed by atoms with Gasteiger partial charge in [0.05, 0.1) is 16.6 Å². The first-order valence-corrected chi connectivity index (χ1v) is 6.67. The predicted octanol–water partition coefficient (Wildman–Crippen LogP) is 3.53. The Morgan fingerprint density at radius 1 is 1.50 bits per heavy atom. The zero-order valence-corrected chi connectivity index (χ0v) is 11.2. The fourth-order valence-electron chi connectivity index (χ4n) is 3.04. The van der Waals surface area contributed by atoms with Crippen molar-refractivity contribution in [2.24, 2.45) is 11.8 Å². The van der Waals surface area contributed by atoms with Gasteiger partial charge in [-0.1, -0.05) is 43.5 Å². The third-order valence-electron chi connectivity index (χ3n) is 4.04. The molecular weight excluding hydrogens is 250 g/mol. The smallest absolute Gasteiger partial charge is 0.311 e. The number of carboxylic acids is 1. The number of anilines is 1.